The first kappa shape index (κ1) is 18.3. The standard InChI is InChI=1S/C21H16FN5O2/c22-16-6-1-2-7-17(16)27-18(8-10-24-27)20-19(28)9-11-26(25-20)13-14-4-3-5-15(12-14)21(23)29/h1-12H,13H2,(H2,23,29). The summed E-state index contributed by atoms with van der Waals surface area (Å²) < 4.78 is 17.1. The van der Waals surface area contributed by atoms with Crippen molar-refractivity contribution in [2.24, 2.45) is 5.73 Å². The molecule has 0 fully saturated rings. The van der Waals surface area contributed by atoms with Gasteiger partial charge < -0.3 is 5.73 Å². The Morgan fingerprint density at radius 2 is 1.90 bits per heavy atom. The minimum absolute atomic E-state index is 0.138. The van der Waals surface area contributed by atoms with Crippen LogP contribution in [0.25, 0.3) is 17.1 Å². The summed E-state index contributed by atoms with van der Waals surface area (Å²) in [4.78, 5) is 23.8. The zero-order chi connectivity index (χ0) is 20.4. The van der Waals surface area contributed by atoms with Crippen LogP contribution in [0.3, 0.4) is 0 Å². The Bertz CT molecular complexity index is 1260. The van der Waals surface area contributed by atoms with E-state index in [1.54, 1.807) is 53.3 Å². The monoisotopic (exact) mass is 389 g/mol. The molecule has 4 aromatic rings. The molecule has 0 saturated heterocycles. The molecule has 7 nitrogen and oxygen atoms in total. The van der Waals surface area contributed by atoms with Crippen molar-refractivity contribution in [3.8, 4) is 17.1 Å². The van der Waals surface area contributed by atoms with E-state index in [1.807, 2.05) is 6.07 Å². The lowest BCUT2D eigenvalue weighted by atomic mass is 10.1. The van der Waals surface area contributed by atoms with Crippen LogP contribution in [0.4, 0.5) is 4.39 Å². The van der Waals surface area contributed by atoms with Gasteiger partial charge in [0.15, 0.2) is 5.69 Å². The maximum Gasteiger partial charge on any atom is 0.248 e. The van der Waals surface area contributed by atoms with Gasteiger partial charge in [-0.15, -0.1) is 0 Å². The fourth-order valence-electron chi connectivity index (χ4n) is 3.02. The summed E-state index contributed by atoms with van der Waals surface area (Å²) in [6.45, 7) is 0.322. The van der Waals surface area contributed by atoms with Gasteiger partial charge in [0.2, 0.25) is 11.3 Å². The van der Waals surface area contributed by atoms with Crippen LogP contribution in [-0.2, 0) is 6.54 Å². The second-order valence-corrected chi connectivity index (χ2v) is 6.37. The Morgan fingerprint density at radius 1 is 1.07 bits per heavy atom. The van der Waals surface area contributed by atoms with Crippen LogP contribution in [0.15, 0.2) is 77.9 Å². The predicted octanol–water partition coefficient (Wildman–Crippen LogP) is 2.38. The van der Waals surface area contributed by atoms with Gasteiger partial charge in [-0.2, -0.15) is 10.2 Å². The summed E-state index contributed by atoms with van der Waals surface area (Å²) in [6, 6.07) is 16.0. The molecule has 0 aliphatic rings. The van der Waals surface area contributed by atoms with E-state index >= 15 is 0 Å². The number of benzene rings is 2. The van der Waals surface area contributed by atoms with E-state index in [0.29, 0.717) is 17.8 Å². The summed E-state index contributed by atoms with van der Waals surface area (Å²) in [7, 11) is 0. The molecule has 2 heterocycles. The number of hydrogen-bond donors (Lipinski definition) is 1. The van der Waals surface area contributed by atoms with Crippen molar-refractivity contribution in [1.82, 2.24) is 19.6 Å². The first-order chi connectivity index (χ1) is 14.0. The molecule has 0 unspecified atom stereocenters. The molecule has 2 aromatic heterocycles. The highest BCUT2D eigenvalue weighted by Gasteiger charge is 2.15. The molecule has 2 aromatic carbocycles. The highest BCUT2D eigenvalue weighted by atomic mass is 19.1. The van der Waals surface area contributed by atoms with Gasteiger partial charge in [0.05, 0.1) is 18.4 Å². The average Bonchev–Trinajstić information content (AvgIpc) is 3.19. The van der Waals surface area contributed by atoms with E-state index in [1.165, 1.54) is 23.0 Å². The predicted molar refractivity (Wildman–Crippen MR) is 105 cm³/mol. The number of aromatic nitrogens is 4. The van der Waals surface area contributed by atoms with Gasteiger partial charge in [-0.1, -0.05) is 24.3 Å². The van der Waals surface area contributed by atoms with Gasteiger partial charge in [0, 0.05) is 17.8 Å². The molecule has 144 valence electrons. The van der Waals surface area contributed by atoms with Crippen LogP contribution < -0.4 is 11.2 Å². The minimum Gasteiger partial charge on any atom is -0.366 e. The van der Waals surface area contributed by atoms with Crippen molar-refractivity contribution in [3.05, 3.63) is 100 Å². The lowest BCUT2D eigenvalue weighted by molar-refractivity contribution is 0.1000. The third-order valence-corrected chi connectivity index (χ3v) is 4.38. The molecule has 0 aliphatic heterocycles. The fraction of sp³-hybridized carbons (Fsp3) is 0.0476. The average molecular weight is 389 g/mol. The summed E-state index contributed by atoms with van der Waals surface area (Å²) >= 11 is 0. The molecule has 0 saturated carbocycles. The molecular weight excluding hydrogens is 373 g/mol. The smallest absolute Gasteiger partial charge is 0.248 e. The maximum atomic E-state index is 14.2. The molecule has 1 amide bonds. The highest BCUT2D eigenvalue weighted by molar-refractivity contribution is 5.92. The number of halogens is 1. The van der Waals surface area contributed by atoms with Crippen LogP contribution in [0.1, 0.15) is 15.9 Å². The van der Waals surface area contributed by atoms with Crippen molar-refractivity contribution in [2.75, 3.05) is 0 Å². The Hall–Kier alpha value is -4.07. The Morgan fingerprint density at radius 3 is 2.69 bits per heavy atom. The van der Waals surface area contributed by atoms with E-state index in [9.17, 15) is 14.0 Å². The van der Waals surface area contributed by atoms with Gasteiger partial charge >= 0.3 is 0 Å². The molecule has 4 rings (SSSR count). The van der Waals surface area contributed by atoms with Crippen LogP contribution in [-0.4, -0.2) is 25.5 Å². The molecule has 2 N–H and O–H groups in total. The van der Waals surface area contributed by atoms with E-state index in [-0.39, 0.29) is 16.8 Å². The Kier molecular flexibility index (Phi) is 4.74. The third-order valence-electron chi connectivity index (χ3n) is 4.38. The van der Waals surface area contributed by atoms with Crippen LogP contribution in [0, 0.1) is 5.82 Å². The van der Waals surface area contributed by atoms with Crippen molar-refractivity contribution in [2.45, 2.75) is 6.54 Å². The number of hydrogen-bond acceptors (Lipinski definition) is 4. The molecule has 0 radical (unpaired) electrons. The largest absolute Gasteiger partial charge is 0.366 e. The van der Waals surface area contributed by atoms with Crippen molar-refractivity contribution >= 4 is 5.91 Å². The van der Waals surface area contributed by atoms with Crippen LogP contribution in [0.2, 0.25) is 0 Å². The molecule has 0 bridgehead atoms. The highest BCUT2D eigenvalue weighted by Crippen LogP contribution is 2.20. The third kappa shape index (κ3) is 3.68. The normalized spacial score (nSPS) is 10.8. The van der Waals surface area contributed by atoms with Crippen molar-refractivity contribution in [3.63, 3.8) is 0 Å². The number of carbonyl (C=O) groups is 1. The van der Waals surface area contributed by atoms with Gasteiger partial charge in [-0.3, -0.25) is 14.3 Å². The Balaban J connectivity index is 1.74. The lowest BCUT2D eigenvalue weighted by Crippen LogP contribution is -2.17. The molecule has 0 spiro atoms. The SMILES string of the molecule is NC(=O)c1cccc(Cn2ccc(=O)c(-c3ccnn3-c3ccccc3F)n2)c1. The zero-order valence-corrected chi connectivity index (χ0v) is 15.2. The van der Waals surface area contributed by atoms with E-state index in [2.05, 4.69) is 10.2 Å². The van der Waals surface area contributed by atoms with Crippen LogP contribution in [0.5, 0.6) is 0 Å². The second-order valence-electron chi connectivity index (χ2n) is 6.37. The van der Waals surface area contributed by atoms with E-state index < -0.39 is 11.7 Å². The lowest BCUT2D eigenvalue weighted by Gasteiger charge is -2.10. The topological polar surface area (TPSA) is 95.8 Å². The summed E-state index contributed by atoms with van der Waals surface area (Å²) in [5.74, 6) is -0.980. The summed E-state index contributed by atoms with van der Waals surface area (Å²) in [5.41, 5.74) is 6.93. The molecule has 0 aliphatic carbocycles. The van der Waals surface area contributed by atoms with Crippen LogP contribution >= 0.6 is 0 Å². The second kappa shape index (κ2) is 7.51. The number of amides is 1. The molecule has 29 heavy (non-hydrogen) atoms. The number of nitrogens with two attached hydrogens (primary N) is 1. The summed E-state index contributed by atoms with van der Waals surface area (Å²) in [5, 5.41) is 8.55. The van der Waals surface area contributed by atoms with Gasteiger partial charge in [0.25, 0.3) is 0 Å². The van der Waals surface area contributed by atoms with Gasteiger partial charge in [-0.25, -0.2) is 9.07 Å². The number of primary amides is 1. The van der Waals surface area contributed by atoms with Crippen molar-refractivity contribution < 1.29 is 9.18 Å². The van der Waals surface area contributed by atoms with Crippen molar-refractivity contribution in [1.29, 1.82) is 0 Å². The fourth-order valence-corrected chi connectivity index (χ4v) is 3.02. The maximum absolute atomic E-state index is 14.2. The number of carbonyl (C=O) groups excluding carboxylic acids is 1. The quantitative estimate of drug-likeness (QED) is 0.567. The summed E-state index contributed by atoms with van der Waals surface area (Å²) in [6.07, 6.45) is 3.03. The minimum atomic E-state index is -0.519. The van der Waals surface area contributed by atoms with Gasteiger partial charge in [-0.05, 0) is 35.9 Å². The molecular formula is C21H16FN5O2. The number of para-hydroxylation sites is 1. The van der Waals surface area contributed by atoms with E-state index in [0.717, 1.165) is 5.56 Å². The van der Waals surface area contributed by atoms with Gasteiger partial charge in [0.1, 0.15) is 11.5 Å². The molecule has 0 atom stereocenters. The zero-order valence-electron chi connectivity index (χ0n) is 15.2. The number of rotatable bonds is 5. The molecule has 8 heteroatoms. The first-order valence-electron chi connectivity index (χ1n) is 8.79. The van der Waals surface area contributed by atoms with E-state index in [4.69, 9.17) is 5.73 Å². The Labute approximate surface area is 164 Å². The number of nitrogens with zero attached hydrogens (tertiary/aromatic N) is 4. The first-order valence-corrected chi connectivity index (χ1v) is 8.79.